The van der Waals surface area contributed by atoms with Crippen molar-refractivity contribution in [2.75, 3.05) is 25.1 Å². The van der Waals surface area contributed by atoms with Crippen molar-refractivity contribution in [1.82, 2.24) is 18.8 Å². The molecule has 2 heterocycles. The summed E-state index contributed by atoms with van der Waals surface area (Å²) < 4.78 is 59.1. The molecule has 39 heavy (non-hydrogen) atoms. The quantitative estimate of drug-likeness (QED) is 0.304. The lowest BCUT2D eigenvalue weighted by atomic mass is 9.98. The van der Waals surface area contributed by atoms with Crippen molar-refractivity contribution in [3.63, 3.8) is 0 Å². The van der Waals surface area contributed by atoms with Crippen LogP contribution in [0.2, 0.25) is 0 Å². The van der Waals surface area contributed by atoms with Gasteiger partial charge in [-0.1, -0.05) is 30.8 Å². The topological polar surface area (TPSA) is 118 Å². The molecule has 1 atom stereocenters. The van der Waals surface area contributed by atoms with Crippen molar-refractivity contribution in [3.05, 3.63) is 67.0 Å². The molecule has 0 fully saturated rings. The Bertz CT molecular complexity index is 1700. The van der Waals surface area contributed by atoms with Crippen LogP contribution in [0, 0.1) is 0 Å². The molecule has 0 saturated heterocycles. The lowest BCUT2D eigenvalue weighted by molar-refractivity contribution is -0.112. The van der Waals surface area contributed by atoms with E-state index in [0.717, 1.165) is 19.7 Å². The van der Waals surface area contributed by atoms with Crippen molar-refractivity contribution in [2.24, 2.45) is 11.4 Å². The fourth-order valence-electron chi connectivity index (χ4n) is 4.02. The zero-order valence-electron chi connectivity index (χ0n) is 21.6. The average molecular weight is 558 g/mol. The number of alkyl halides is 3. The van der Waals surface area contributed by atoms with Gasteiger partial charge in [-0.3, -0.25) is 4.79 Å². The van der Waals surface area contributed by atoms with Crippen molar-refractivity contribution in [1.29, 1.82) is 0 Å². The minimum atomic E-state index is -5.04. The molecule has 0 aliphatic rings. The van der Waals surface area contributed by atoms with Crippen LogP contribution in [-0.2, 0) is 21.8 Å². The first-order chi connectivity index (χ1) is 18.2. The number of nitrogens with zero attached hydrogens (tertiary/aromatic N) is 5. The van der Waals surface area contributed by atoms with Gasteiger partial charge >= 0.3 is 5.51 Å². The standard InChI is InChI=1S/C26H26F3N7O2S/c1-15(2)25(37)33-18-10-8-17(9-11-18)22-20(21-23(30)31-14-32-24(21)36(22)5)16-6-12-19(13-7-16)34-39(38,35(3)4)26(27,28)29/h6-14H,1H2,2-5H3,(H,33,37)(H2,30,31,32). The van der Waals surface area contributed by atoms with Crippen LogP contribution < -0.4 is 11.1 Å². The maximum atomic E-state index is 13.5. The van der Waals surface area contributed by atoms with Gasteiger partial charge < -0.3 is 15.6 Å². The first-order valence-corrected chi connectivity index (χ1v) is 13.0. The molecule has 1 unspecified atom stereocenters. The Kier molecular flexibility index (Phi) is 7.23. The number of fused-ring (bicyclic) bond motifs is 1. The first kappa shape index (κ1) is 27.8. The number of anilines is 2. The van der Waals surface area contributed by atoms with E-state index in [9.17, 15) is 22.2 Å². The van der Waals surface area contributed by atoms with Gasteiger partial charge in [0.15, 0.2) is 0 Å². The molecule has 13 heteroatoms. The van der Waals surface area contributed by atoms with E-state index >= 15 is 0 Å². The number of carbonyl (C=O) groups is 1. The number of rotatable bonds is 6. The second-order valence-corrected chi connectivity index (χ2v) is 11.3. The molecule has 2 aromatic heterocycles. The minimum Gasteiger partial charge on any atom is -0.383 e. The summed E-state index contributed by atoms with van der Waals surface area (Å²) in [5, 5.41) is 3.32. The predicted octanol–water partition coefficient (Wildman–Crippen LogP) is 5.50. The van der Waals surface area contributed by atoms with E-state index in [1.165, 1.54) is 18.5 Å². The Morgan fingerprint density at radius 2 is 1.67 bits per heavy atom. The van der Waals surface area contributed by atoms with Gasteiger partial charge in [-0.25, -0.2) is 18.5 Å². The molecule has 1 amide bonds. The van der Waals surface area contributed by atoms with Crippen LogP contribution in [0.25, 0.3) is 33.4 Å². The number of halogens is 3. The number of carbonyl (C=O) groups excluding carboxylic acids is 1. The maximum Gasteiger partial charge on any atom is 0.493 e. The third-order valence-corrected chi connectivity index (χ3v) is 8.03. The highest BCUT2D eigenvalue weighted by molar-refractivity contribution is 7.92. The first-order valence-electron chi connectivity index (χ1n) is 11.5. The van der Waals surface area contributed by atoms with Crippen LogP contribution >= 0.6 is 0 Å². The zero-order valence-corrected chi connectivity index (χ0v) is 22.4. The van der Waals surface area contributed by atoms with Gasteiger partial charge in [0, 0.05) is 38.0 Å². The molecule has 9 nitrogen and oxygen atoms in total. The van der Waals surface area contributed by atoms with Gasteiger partial charge in [0.05, 0.1) is 16.8 Å². The molecule has 0 bridgehead atoms. The smallest absolute Gasteiger partial charge is 0.383 e. The molecule has 0 saturated carbocycles. The lowest BCUT2D eigenvalue weighted by Crippen LogP contribution is -2.35. The summed E-state index contributed by atoms with van der Waals surface area (Å²) >= 11 is 0. The van der Waals surface area contributed by atoms with Gasteiger partial charge in [0.1, 0.15) is 17.8 Å². The van der Waals surface area contributed by atoms with E-state index in [1.54, 1.807) is 31.2 Å². The highest BCUT2D eigenvalue weighted by atomic mass is 32.2. The summed E-state index contributed by atoms with van der Waals surface area (Å²) in [6, 6.07) is 13.0. The molecule has 204 valence electrons. The van der Waals surface area contributed by atoms with Gasteiger partial charge in [0.2, 0.25) is 9.92 Å². The number of aromatic nitrogens is 3. The molecule has 2 aromatic carbocycles. The SMILES string of the molecule is C=C(C)C(=O)Nc1ccc(-c2c(-c3ccc(N=S(=O)(N(C)C)C(F)(F)F)cc3)c3c(N)ncnc3n2C)cc1. The van der Waals surface area contributed by atoms with E-state index in [-0.39, 0.29) is 17.4 Å². The van der Waals surface area contributed by atoms with Crippen LogP contribution in [0.4, 0.5) is 30.4 Å². The summed E-state index contributed by atoms with van der Waals surface area (Å²) in [5.41, 5.74) is 5.35. The molecular weight excluding hydrogens is 531 g/mol. The minimum absolute atomic E-state index is 0.0987. The second kappa shape index (κ2) is 10.2. The molecule has 4 rings (SSSR count). The monoisotopic (exact) mass is 557 g/mol. The van der Waals surface area contributed by atoms with E-state index in [2.05, 4.69) is 26.2 Å². The van der Waals surface area contributed by atoms with Gasteiger partial charge in [-0.05, 0) is 42.3 Å². The largest absolute Gasteiger partial charge is 0.493 e. The fourth-order valence-corrected chi connectivity index (χ4v) is 5.10. The van der Waals surface area contributed by atoms with Crippen molar-refractivity contribution >= 4 is 44.0 Å². The number of aryl methyl sites for hydroxylation is 1. The van der Waals surface area contributed by atoms with Crippen LogP contribution in [-0.4, -0.2) is 48.6 Å². The lowest BCUT2D eigenvalue weighted by Gasteiger charge is -2.19. The Hall–Kier alpha value is -4.23. The van der Waals surface area contributed by atoms with Gasteiger partial charge in [-0.2, -0.15) is 17.5 Å². The summed E-state index contributed by atoms with van der Waals surface area (Å²) in [5.74, 6) is -0.0750. The highest BCUT2D eigenvalue weighted by Gasteiger charge is 2.45. The Morgan fingerprint density at radius 1 is 1.08 bits per heavy atom. The Labute approximate surface area is 223 Å². The molecule has 4 aromatic rings. The van der Waals surface area contributed by atoms with Crippen LogP contribution in [0.5, 0.6) is 0 Å². The number of nitrogens with one attached hydrogen (secondary N) is 1. The number of hydrogen-bond donors (Lipinski definition) is 2. The Morgan fingerprint density at radius 3 is 2.21 bits per heavy atom. The fraction of sp³-hybridized carbons (Fsp3) is 0.192. The van der Waals surface area contributed by atoms with E-state index in [1.807, 2.05) is 23.7 Å². The van der Waals surface area contributed by atoms with Crippen molar-refractivity contribution < 1.29 is 22.2 Å². The maximum absolute atomic E-state index is 13.5. The summed E-state index contributed by atoms with van der Waals surface area (Å²) in [6.07, 6.45) is 1.35. The van der Waals surface area contributed by atoms with Crippen molar-refractivity contribution in [3.8, 4) is 22.4 Å². The third kappa shape index (κ3) is 5.10. The molecular formula is C26H26F3N7O2S. The molecule has 0 aliphatic heterocycles. The van der Waals surface area contributed by atoms with Crippen LogP contribution in [0.1, 0.15) is 6.92 Å². The summed E-state index contributed by atoms with van der Waals surface area (Å²) in [4.78, 5) is 20.5. The molecule has 0 aliphatic carbocycles. The normalized spacial score (nSPS) is 13.3. The predicted molar refractivity (Wildman–Crippen MR) is 147 cm³/mol. The summed E-state index contributed by atoms with van der Waals surface area (Å²) in [7, 11) is -0.744. The summed E-state index contributed by atoms with van der Waals surface area (Å²) in [6.45, 7) is 5.24. The third-order valence-electron chi connectivity index (χ3n) is 5.98. The van der Waals surface area contributed by atoms with Crippen LogP contribution in [0.15, 0.2) is 71.4 Å². The Balaban J connectivity index is 1.87. The number of benzene rings is 2. The number of nitrogens with two attached hydrogens (primary N) is 1. The van der Waals surface area contributed by atoms with Gasteiger partial charge in [0.25, 0.3) is 5.91 Å². The highest BCUT2D eigenvalue weighted by Crippen LogP contribution is 2.42. The van der Waals surface area contributed by atoms with Gasteiger partial charge in [-0.15, -0.1) is 0 Å². The molecule has 0 spiro atoms. The second-order valence-electron chi connectivity index (χ2n) is 8.94. The zero-order chi connectivity index (χ0) is 28.7. The average Bonchev–Trinajstić information content (AvgIpc) is 3.17. The van der Waals surface area contributed by atoms with E-state index in [0.29, 0.717) is 43.4 Å². The number of hydrogen-bond acceptors (Lipinski definition) is 6. The van der Waals surface area contributed by atoms with E-state index < -0.39 is 15.4 Å². The molecule has 0 radical (unpaired) electrons. The number of amides is 1. The van der Waals surface area contributed by atoms with Crippen molar-refractivity contribution in [2.45, 2.75) is 12.4 Å². The van der Waals surface area contributed by atoms with E-state index in [4.69, 9.17) is 5.73 Å². The number of nitrogen functional groups attached to an aromatic ring is 1. The molecule has 3 N–H and O–H groups in total. The van der Waals surface area contributed by atoms with Crippen LogP contribution in [0.3, 0.4) is 0 Å².